The van der Waals surface area contributed by atoms with Crippen molar-refractivity contribution in [1.82, 2.24) is 0 Å². The van der Waals surface area contributed by atoms with Crippen LogP contribution in [-0.2, 0) is 11.3 Å². The number of carbonyl (C=O) groups is 2. The van der Waals surface area contributed by atoms with Crippen molar-refractivity contribution < 1.29 is 14.3 Å². The number of rotatable bonds is 3. The summed E-state index contributed by atoms with van der Waals surface area (Å²) in [6, 6.07) is 12.2. The highest BCUT2D eigenvalue weighted by Crippen LogP contribution is 2.32. The Kier molecular flexibility index (Phi) is 3.39. The zero-order valence-electron chi connectivity index (χ0n) is 11.3. The Balaban J connectivity index is 1.93. The molecule has 1 aliphatic rings. The first-order valence-corrected chi connectivity index (χ1v) is 6.76. The van der Waals surface area contributed by atoms with Gasteiger partial charge in [0.25, 0.3) is 11.7 Å². The summed E-state index contributed by atoms with van der Waals surface area (Å²) in [5, 5.41) is 0.496. The third kappa shape index (κ3) is 2.38. The average Bonchev–Trinajstić information content (AvgIpc) is 2.73. The van der Waals surface area contributed by atoms with Gasteiger partial charge in [-0.3, -0.25) is 9.59 Å². The molecular formula is C16H12ClNO3. The van der Waals surface area contributed by atoms with Crippen LogP contribution in [0.15, 0.2) is 42.5 Å². The third-order valence-corrected chi connectivity index (χ3v) is 3.67. The number of methoxy groups -OCH3 is 1. The SMILES string of the molecule is COc1ccc(CN2C(=O)C(=O)c3ccc(Cl)cc32)cc1. The predicted molar refractivity (Wildman–Crippen MR) is 80.0 cm³/mol. The number of ether oxygens (including phenoxy) is 1. The lowest BCUT2D eigenvalue weighted by Gasteiger charge is -2.17. The molecule has 3 rings (SSSR count). The number of hydrogen-bond acceptors (Lipinski definition) is 3. The van der Waals surface area contributed by atoms with Gasteiger partial charge in [0.2, 0.25) is 0 Å². The molecule has 106 valence electrons. The number of nitrogens with zero attached hydrogens (tertiary/aromatic N) is 1. The van der Waals surface area contributed by atoms with Crippen molar-refractivity contribution >= 4 is 29.0 Å². The second-order valence-corrected chi connectivity index (χ2v) is 5.17. The monoisotopic (exact) mass is 301 g/mol. The molecule has 0 saturated carbocycles. The van der Waals surface area contributed by atoms with Gasteiger partial charge in [0, 0.05) is 5.02 Å². The highest BCUT2D eigenvalue weighted by Gasteiger charge is 2.35. The maximum absolute atomic E-state index is 12.1. The molecule has 1 amide bonds. The Morgan fingerprint density at radius 3 is 2.48 bits per heavy atom. The highest BCUT2D eigenvalue weighted by atomic mass is 35.5. The minimum absolute atomic E-state index is 0.321. The van der Waals surface area contributed by atoms with Crippen molar-refractivity contribution in [3.05, 3.63) is 58.6 Å². The van der Waals surface area contributed by atoms with Gasteiger partial charge in [0.1, 0.15) is 5.75 Å². The molecule has 5 heteroatoms. The first-order valence-electron chi connectivity index (χ1n) is 6.39. The lowest BCUT2D eigenvalue weighted by atomic mass is 10.1. The van der Waals surface area contributed by atoms with Gasteiger partial charge in [-0.15, -0.1) is 0 Å². The first-order chi connectivity index (χ1) is 10.1. The number of Topliss-reactive ketones (excluding diaryl/α,β-unsaturated/α-hetero) is 1. The molecule has 0 bridgehead atoms. The average molecular weight is 302 g/mol. The maximum Gasteiger partial charge on any atom is 0.299 e. The van der Waals surface area contributed by atoms with Crippen LogP contribution < -0.4 is 9.64 Å². The van der Waals surface area contributed by atoms with Crippen molar-refractivity contribution in [3.8, 4) is 5.75 Å². The molecule has 0 spiro atoms. The van der Waals surface area contributed by atoms with Crippen LogP contribution in [0.4, 0.5) is 5.69 Å². The largest absolute Gasteiger partial charge is 0.497 e. The lowest BCUT2D eigenvalue weighted by Crippen LogP contribution is -2.29. The molecule has 0 radical (unpaired) electrons. The Hall–Kier alpha value is -2.33. The van der Waals surface area contributed by atoms with E-state index in [-0.39, 0.29) is 0 Å². The molecule has 0 atom stereocenters. The van der Waals surface area contributed by atoms with E-state index in [2.05, 4.69) is 0 Å². The van der Waals surface area contributed by atoms with E-state index in [1.807, 2.05) is 24.3 Å². The second-order valence-electron chi connectivity index (χ2n) is 4.73. The second kappa shape index (κ2) is 5.22. The van der Waals surface area contributed by atoms with E-state index in [4.69, 9.17) is 16.3 Å². The summed E-state index contributed by atoms with van der Waals surface area (Å²) in [5.74, 6) is -0.274. The predicted octanol–water partition coefficient (Wildman–Crippen LogP) is 3.08. The molecule has 0 unspecified atom stereocenters. The molecule has 0 saturated heterocycles. The summed E-state index contributed by atoms with van der Waals surface area (Å²) in [5.41, 5.74) is 1.87. The molecule has 2 aromatic rings. The summed E-state index contributed by atoms with van der Waals surface area (Å²) >= 11 is 5.96. The topological polar surface area (TPSA) is 46.6 Å². The minimum Gasteiger partial charge on any atom is -0.497 e. The number of hydrogen-bond donors (Lipinski definition) is 0. The quantitative estimate of drug-likeness (QED) is 0.819. The van der Waals surface area contributed by atoms with Crippen LogP contribution >= 0.6 is 11.6 Å². The molecule has 2 aromatic carbocycles. The zero-order valence-corrected chi connectivity index (χ0v) is 12.1. The normalized spacial score (nSPS) is 13.5. The van der Waals surface area contributed by atoms with Crippen LogP contribution in [0.2, 0.25) is 5.02 Å². The van der Waals surface area contributed by atoms with Gasteiger partial charge in [-0.2, -0.15) is 0 Å². The smallest absolute Gasteiger partial charge is 0.299 e. The molecule has 4 nitrogen and oxygen atoms in total. The summed E-state index contributed by atoms with van der Waals surface area (Å²) in [6.45, 7) is 0.321. The molecule has 1 aliphatic heterocycles. The van der Waals surface area contributed by atoms with E-state index in [1.165, 1.54) is 4.90 Å². The van der Waals surface area contributed by atoms with Crippen LogP contribution in [0.25, 0.3) is 0 Å². The number of ketones is 1. The molecule has 1 heterocycles. The van der Waals surface area contributed by atoms with Gasteiger partial charge >= 0.3 is 0 Å². The number of carbonyl (C=O) groups excluding carboxylic acids is 2. The van der Waals surface area contributed by atoms with E-state index >= 15 is 0 Å². The van der Waals surface area contributed by atoms with Crippen LogP contribution in [0.1, 0.15) is 15.9 Å². The molecule has 21 heavy (non-hydrogen) atoms. The van der Waals surface area contributed by atoms with Crippen molar-refractivity contribution in [2.45, 2.75) is 6.54 Å². The first kappa shape index (κ1) is 13.6. The Morgan fingerprint density at radius 1 is 1.10 bits per heavy atom. The summed E-state index contributed by atoms with van der Waals surface area (Å²) in [6.07, 6.45) is 0. The molecule has 0 N–H and O–H groups in total. The van der Waals surface area contributed by atoms with Gasteiger partial charge in [-0.25, -0.2) is 0 Å². The number of fused-ring (bicyclic) bond motifs is 1. The van der Waals surface area contributed by atoms with Crippen LogP contribution in [-0.4, -0.2) is 18.8 Å². The zero-order chi connectivity index (χ0) is 15.0. The van der Waals surface area contributed by atoms with Crippen LogP contribution in [0.5, 0.6) is 5.75 Å². The Bertz CT molecular complexity index is 725. The van der Waals surface area contributed by atoms with E-state index in [0.29, 0.717) is 22.8 Å². The summed E-state index contributed by atoms with van der Waals surface area (Å²) < 4.78 is 5.10. The van der Waals surface area contributed by atoms with Gasteiger partial charge < -0.3 is 9.64 Å². The third-order valence-electron chi connectivity index (χ3n) is 3.43. The summed E-state index contributed by atoms with van der Waals surface area (Å²) in [7, 11) is 1.59. The molecular weight excluding hydrogens is 290 g/mol. The van der Waals surface area contributed by atoms with Crippen molar-refractivity contribution in [3.63, 3.8) is 0 Å². The summed E-state index contributed by atoms with van der Waals surface area (Å²) in [4.78, 5) is 25.5. The number of amides is 1. The fourth-order valence-corrected chi connectivity index (χ4v) is 2.50. The fraction of sp³-hybridized carbons (Fsp3) is 0.125. The minimum atomic E-state index is -0.525. The Morgan fingerprint density at radius 2 is 1.81 bits per heavy atom. The van der Waals surface area contributed by atoms with Gasteiger partial charge in [0.05, 0.1) is 24.9 Å². The number of halogens is 1. The van der Waals surface area contributed by atoms with Crippen LogP contribution in [0.3, 0.4) is 0 Å². The molecule has 0 aromatic heterocycles. The van der Waals surface area contributed by atoms with Gasteiger partial charge in [-0.1, -0.05) is 23.7 Å². The number of benzene rings is 2. The Labute approximate surface area is 126 Å². The molecule has 0 aliphatic carbocycles. The van der Waals surface area contributed by atoms with E-state index < -0.39 is 11.7 Å². The van der Waals surface area contributed by atoms with E-state index in [0.717, 1.165) is 11.3 Å². The van der Waals surface area contributed by atoms with Crippen molar-refractivity contribution in [2.24, 2.45) is 0 Å². The van der Waals surface area contributed by atoms with Crippen LogP contribution in [0, 0.1) is 0 Å². The van der Waals surface area contributed by atoms with E-state index in [9.17, 15) is 9.59 Å². The maximum atomic E-state index is 12.1. The fourth-order valence-electron chi connectivity index (χ4n) is 2.34. The van der Waals surface area contributed by atoms with Crippen molar-refractivity contribution in [1.29, 1.82) is 0 Å². The lowest BCUT2D eigenvalue weighted by molar-refractivity contribution is -0.114. The van der Waals surface area contributed by atoms with Gasteiger partial charge in [0.15, 0.2) is 0 Å². The van der Waals surface area contributed by atoms with Crippen molar-refractivity contribution in [2.75, 3.05) is 12.0 Å². The highest BCUT2D eigenvalue weighted by molar-refractivity contribution is 6.52. The standard InChI is InChI=1S/C16H12ClNO3/c1-21-12-5-2-10(3-6-12)9-18-14-8-11(17)4-7-13(14)15(19)16(18)20/h2-8H,9H2,1H3. The van der Waals surface area contributed by atoms with E-state index in [1.54, 1.807) is 25.3 Å². The molecule has 0 fully saturated rings. The number of anilines is 1. The van der Waals surface area contributed by atoms with Gasteiger partial charge in [-0.05, 0) is 35.9 Å².